The molecule has 0 radical (unpaired) electrons. The lowest BCUT2D eigenvalue weighted by atomic mass is 10.0. The molecule has 1 N–H and O–H groups in total. The Morgan fingerprint density at radius 1 is 1.19 bits per heavy atom. The van der Waals surface area contributed by atoms with E-state index in [1.807, 2.05) is 6.07 Å². The van der Waals surface area contributed by atoms with E-state index >= 15 is 0 Å². The maximum atomic E-state index is 13.3. The summed E-state index contributed by atoms with van der Waals surface area (Å²) in [6, 6.07) is 7.30. The first-order valence-corrected chi connectivity index (χ1v) is 8.20. The van der Waals surface area contributed by atoms with Crippen LogP contribution in [0.2, 0.25) is 0 Å². The van der Waals surface area contributed by atoms with E-state index in [1.54, 1.807) is 25.4 Å². The van der Waals surface area contributed by atoms with Crippen LogP contribution in [0.1, 0.15) is 28.4 Å². The van der Waals surface area contributed by atoms with Crippen molar-refractivity contribution in [3.63, 3.8) is 0 Å². The molecule has 0 bridgehead atoms. The molecule has 0 spiro atoms. The molecule has 3 rings (SSSR count). The number of hydrogen-bond donors (Lipinski definition) is 1. The molecular weight excluding hydrogens is 359 g/mol. The number of alkyl halides is 3. The second-order valence-electron chi connectivity index (χ2n) is 5.68. The van der Waals surface area contributed by atoms with Gasteiger partial charge in [-0.25, -0.2) is 4.79 Å². The van der Waals surface area contributed by atoms with Gasteiger partial charge in [0.25, 0.3) is 0 Å². The molecular formula is C19H16F3N3O2. The molecule has 2 heterocycles. The van der Waals surface area contributed by atoms with Gasteiger partial charge in [0.1, 0.15) is 5.56 Å². The number of hydrogen-bond acceptors (Lipinski definition) is 5. The number of ether oxygens (including phenoxy) is 1. The summed E-state index contributed by atoms with van der Waals surface area (Å²) in [5, 5.41) is 3.24. The Balaban J connectivity index is 2.12. The molecule has 0 fully saturated rings. The number of carbonyl (C=O) groups is 1. The summed E-state index contributed by atoms with van der Waals surface area (Å²) < 4.78 is 45.0. The van der Waals surface area contributed by atoms with Crippen LogP contribution >= 0.6 is 0 Å². The Morgan fingerprint density at radius 3 is 2.67 bits per heavy atom. The van der Waals surface area contributed by atoms with Gasteiger partial charge in [0, 0.05) is 30.5 Å². The van der Waals surface area contributed by atoms with Crippen molar-refractivity contribution < 1.29 is 22.7 Å². The van der Waals surface area contributed by atoms with E-state index in [9.17, 15) is 18.0 Å². The third-order valence-electron chi connectivity index (χ3n) is 3.89. The van der Waals surface area contributed by atoms with E-state index in [2.05, 4.69) is 15.3 Å². The number of para-hydroxylation sites is 1. The van der Waals surface area contributed by atoms with Crippen molar-refractivity contribution >= 4 is 22.6 Å². The second kappa shape index (κ2) is 7.61. The number of carbonyl (C=O) groups excluding carboxylic acids is 1. The normalized spacial score (nSPS) is 11.4. The number of nitrogens with one attached hydrogen (secondary N) is 1. The van der Waals surface area contributed by atoms with Crippen molar-refractivity contribution in [1.29, 1.82) is 0 Å². The molecule has 0 saturated heterocycles. The van der Waals surface area contributed by atoms with Crippen molar-refractivity contribution in [1.82, 2.24) is 9.97 Å². The predicted molar refractivity (Wildman–Crippen MR) is 94.3 cm³/mol. The van der Waals surface area contributed by atoms with Crippen molar-refractivity contribution in [2.75, 3.05) is 11.9 Å². The number of aromatic nitrogens is 2. The number of halogens is 3. The Hall–Kier alpha value is -3.16. The van der Waals surface area contributed by atoms with Crippen LogP contribution in [0, 0.1) is 0 Å². The Morgan fingerprint density at radius 2 is 2.00 bits per heavy atom. The Labute approximate surface area is 153 Å². The van der Waals surface area contributed by atoms with Crippen LogP contribution in [-0.2, 0) is 17.5 Å². The Kier molecular flexibility index (Phi) is 5.25. The molecule has 3 aromatic rings. The minimum absolute atomic E-state index is 0.0764. The molecule has 140 valence electrons. The van der Waals surface area contributed by atoms with Gasteiger partial charge in [0.2, 0.25) is 0 Å². The molecule has 2 aromatic heterocycles. The first-order chi connectivity index (χ1) is 12.9. The van der Waals surface area contributed by atoms with E-state index in [1.165, 1.54) is 12.1 Å². The Bertz CT molecular complexity index is 960. The van der Waals surface area contributed by atoms with E-state index in [0.717, 1.165) is 17.8 Å². The molecule has 0 aliphatic carbocycles. The van der Waals surface area contributed by atoms with Gasteiger partial charge in [0.05, 0.1) is 23.4 Å². The number of esters is 1. The highest BCUT2D eigenvalue weighted by Gasteiger charge is 2.34. The lowest BCUT2D eigenvalue weighted by Crippen LogP contribution is -2.13. The summed E-state index contributed by atoms with van der Waals surface area (Å²) in [6.45, 7) is 2.06. The number of nitrogens with zero attached hydrogens (tertiary/aromatic N) is 2. The number of rotatable bonds is 5. The van der Waals surface area contributed by atoms with Gasteiger partial charge in [-0.15, -0.1) is 0 Å². The van der Waals surface area contributed by atoms with Gasteiger partial charge in [-0.3, -0.25) is 9.97 Å². The number of fused-ring (bicyclic) bond motifs is 1. The van der Waals surface area contributed by atoms with Gasteiger partial charge < -0.3 is 10.1 Å². The van der Waals surface area contributed by atoms with Gasteiger partial charge in [-0.1, -0.05) is 18.2 Å². The van der Waals surface area contributed by atoms with Crippen molar-refractivity contribution in [3.8, 4) is 0 Å². The molecule has 5 nitrogen and oxygen atoms in total. The van der Waals surface area contributed by atoms with E-state index in [4.69, 9.17) is 4.74 Å². The highest BCUT2D eigenvalue weighted by molar-refractivity contribution is 6.05. The van der Waals surface area contributed by atoms with Crippen LogP contribution in [0.25, 0.3) is 10.9 Å². The standard InChI is InChI=1S/C19H16F3N3O2/c1-2-27-18(26)14-11-25-17-13(6-3-7-15(17)19(20,21)22)16(14)24-10-12-5-4-8-23-9-12/h3-9,11H,2,10H2,1H3,(H,24,25). The lowest BCUT2D eigenvalue weighted by molar-refractivity contribution is -0.136. The second-order valence-corrected chi connectivity index (χ2v) is 5.68. The fourth-order valence-electron chi connectivity index (χ4n) is 2.70. The zero-order valence-corrected chi connectivity index (χ0v) is 14.4. The smallest absolute Gasteiger partial charge is 0.418 e. The lowest BCUT2D eigenvalue weighted by Gasteiger charge is -2.16. The molecule has 0 aliphatic heterocycles. The predicted octanol–water partition coefficient (Wildman–Crippen LogP) is 4.44. The molecule has 27 heavy (non-hydrogen) atoms. The summed E-state index contributed by atoms with van der Waals surface area (Å²) in [4.78, 5) is 20.2. The van der Waals surface area contributed by atoms with E-state index in [-0.39, 0.29) is 35.3 Å². The van der Waals surface area contributed by atoms with Crippen LogP contribution < -0.4 is 5.32 Å². The van der Waals surface area contributed by atoms with Gasteiger partial charge >= 0.3 is 12.1 Å². The molecule has 0 unspecified atom stereocenters. The molecule has 0 aliphatic rings. The maximum absolute atomic E-state index is 13.3. The number of pyridine rings is 2. The average Bonchev–Trinajstić information content (AvgIpc) is 2.65. The fourth-order valence-corrected chi connectivity index (χ4v) is 2.70. The first-order valence-electron chi connectivity index (χ1n) is 8.20. The van der Waals surface area contributed by atoms with Crippen LogP contribution in [0.15, 0.2) is 48.9 Å². The zero-order chi connectivity index (χ0) is 19.4. The van der Waals surface area contributed by atoms with Gasteiger partial charge in [-0.2, -0.15) is 13.2 Å². The third-order valence-corrected chi connectivity index (χ3v) is 3.89. The zero-order valence-electron chi connectivity index (χ0n) is 14.4. The van der Waals surface area contributed by atoms with E-state index < -0.39 is 17.7 Å². The quantitative estimate of drug-likeness (QED) is 0.668. The topological polar surface area (TPSA) is 64.1 Å². The molecule has 0 atom stereocenters. The molecule has 0 amide bonds. The maximum Gasteiger partial charge on any atom is 0.418 e. The largest absolute Gasteiger partial charge is 0.462 e. The summed E-state index contributed by atoms with van der Waals surface area (Å²) in [7, 11) is 0. The molecule has 0 saturated carbocycles. The summed E-state index contributed by atoms with van der Waals surface area (Å²) in [5.41, 5.74) is 0.0387. The first kappa shape index (κ1) is 18.6. The number of benzene rings is 1. The van der Waals surface area contributed by atoms with Crippen LogP contribution in [0.3, 0.4) is 0 Å². The summed E-state index contributed by atoms with van der Waals surface area (Å²) >= 11 is 0. The van der Waals surface area contributed by atoms with Crippen molar-refractivity contribution in [2.45, 2.75) is 19.6 Å². The highest BCUT2D eigenvalue weighted by Crippen LogP contribution is 2.37. The van der Waals surface area contributed by atoms with Crippen molar-refractivity contribution in [2.24, 2.45) is 0 Å². The number of anilines is 1. The van der Waals surface area contributed by atoms with Gasteiger partial charge in [-0.05, 0) is 24.6 Å². The average molecular weight is 375 g/mol. The third kappa shape index (κ3) is 3.99. The fraction of sp³-hybridized carbons (Fsp3) is 0.211. The molecule has 1 aromatic carbocycles. The van der Waals surface area contributed by atoms with Gasteiger partial charge in [0.15, 0.2) is 0 Å². The van der Waals surface area contributed by atoms with Crippen LogP contribution in [-0.4, -0.2) is 22.5 Å². The van der Waals surface area contributed by atoms with Crippen LogP contribution in [0.4, 0.5) is 18.9 Å². The highest BCUT2D eigenvalue weighted by atomic mass is 19.4. The SMILES string of the molecule is CCOC(=O)c1cnc2c(C(F)(F)F)cccc2c1NCc1cccnc1. The monoisotopic (exact) mass is 375 g/mol. The summed E-state index contributed by atoms with van der Waals surface area (Å²) in [6.07, 6.45) is -0.202. The molecule has 8 heteroatoms. The summed E-state index contributed by atoms with van der Waals surface area (Å²) in [5.74, 6) is -0.655. The minimum atomic E-state index is -4.56. The minimum Gasteiger partial charge on any atom is -0.462 e. The van der Waals surface area contributed by atoms with E-state index in [0.29, 0.717) is 0 Å². The van der Waals surface area contributed by atoms with Crippen molar-refractivity contribution in [3.05, 3.63) is 65.6 Å². The van der Waals surface area contributed by atoms with Crippen LogP contribution in [0.5, 0.6) is 0 Å².